The zero-order valence-corrected chi connectivity index (χ0v) is 13.3. The van der Waals surface area contributed by atoms with E-state index in [1.807, 2.05) is 0 Å². The van der Waals surface area contributed by atoms with Crippen LogP contribution in [0.25, 0.3) is 0 Å². The number of piperidine rings is 1. The van der Waals surface area contributed by atoms with Gasteiger partial charge in [0.25, 0.3) is 0 Å². The van der Waals surface area contributed by atoms with Crippen LogP contribution in [-0.4, -0.2) is 24.5 Å². The van der Waals surface area contributed by atoms with Gasteiger partial charge in [0.2, 0.25) is 0 Å². The quantitative estimate of drug-likeness (QED) is 0.779. The van der Waals surface area contributed by atoms with Gasteiger partial charge in [0.05, 0.1) is 0 Å². The largest absolute Gasteiger partial charge is 0.303 e. The molecule has 1 saturated heterocycles. The summed E-state index contributed by atoms with van der Waals surface area (Å²) >= 11 is 0. The summed E-state index contributed by atoms with van der Waals surface area (Å²) in [6.45, 7) is 11.2. The number of nitrogens with zero attached hydrogens (tertiary/aromatic N) is 1. The van der Waals surface area contributed by atoms with Crippen molar-refractivity contribution < 1.29 is 0 Å². The maximum Gasteiger partial charge on any atom is 0.00206 e. The number of benzene rings is 1. The summed E-state index contributed by atoms with van der Waals surface area (Å²) in [7, 11) is 0. The van der Waals surface area contributed by atoms with Crippen LogP contribution < -0.4 is 0 Å². The first-order valence-corrected chi connectivity index (χ1v) is 8.31. The summed E-state index contributed by atoms with van der Waals surface area (Å²) in [4.78, 5) is 2.74. The Morgan fingerprint density at radius 3 is 2.35 bits per heavy atom. The van der Waals surface area contributed by atoms with E-state index in [9.17, 15) is 0 Å². The lowest BCUT2D eigenvalue weighted by Gasteiger charge is -2.45. The Morgan fingerprint density at radius 2 is 1.75 bits per heavy atom. The molecule has 0 N–H and O–H groups in total. The molecule has 1 aliphatic heterocycles. The van der Waals surface area contributed by atoms with E-state index < -0.39 is 0 Å². The normalized spacial score (nSPS) is 28.6. The van der Waals surface area contributed by atoms with Crippen LogP contribution in [0.2, 0.25) is 0 Å². The highest BCUT2D eigenvalue weighted by molar-refractivity contribution is 5.22. The molecule has 0 spiro atoms. The topological polar surface area (TPSA) is 3.24 Å². The van der Waals surface area contributed by atoms with E-state index in [2.05, 4.69) is 56.0 Å². The van der Waals surface area contributed by atoms with Crippen LogP contribution in [0.5, 0.6) is 0 Å². The molecule has 2 unspecified atom stereocenters. The molecule has 0 amide bonds. The summed E-state index contributed by atoms with van der Waals surface area (Å²) in [5.41, 5.74) is 1.95. The molecule has 1 aromatic rings. The minimum Gasteiger partial charge on any atom is -0.303 e. The van der Waals surface area contributed by atoms with Crippen molar-refractivity contribution in [1.82, 2.24) is 4.90 Å². The standard InChI is InChI=1S/C19H29N/c1-19(2,3)18-14-20(13-15-9-10-15)12-11-17(18)16-7-5-4-6-8-16/h4-8,15,17-18H,9-14H2,1-3H3. The number of hydrogen-bond acceptors (Lipinski definition) is 1. The fourth-order valence-electron chi connectivity index (χ4n) is 3.83. The third-order valence-corrected chi connectivity index (χ3v) is 5.25. The maximum atomic E-state index is 2.74. The van der Waals surface area contributed by atoms with E-state index in [0.717, 1.165) is 17.8 Å². The van der Waals surface area contributed by atoms with Crippen LogP contribution in [0, 0.1) is 17.3 Å². The molecule has 1 heterocycles. The third kappa shape index (κ3) is 3.25. The van der Waals surface area contributed by atoms with Crippen molar-refractivity contribution in [3.05, 3.63) is 35.9 Å². The van der Waals surface area contributed by atoms with Crippen molar-refractivity contribution in [2.24, 2.45) is 17.3 Å². The van der Waals surface area contributed by atoms with Gasteiger partial charge in [0, 0.05) is 13.1 Å². The molecule has 0 aromatic heterocycles. The fourth-order valence-corrected chi connectivity index (χ4v) is 3.83. The number of hydrogen-bond donors (Lipinski definition) is 0. The van der Waals surface area contributed by atoms with Gasteiger partial charge in [-0.3, -0.25) is 0 Å². The maximum absolute atomic E-state index is 2.74. The molecule has 2 fully saturated rings. The smallest absolute Gasteiger partial charge is 0.00206 e. The molecule has 3 rings (SSSR count). The van der Waals surface area contributed by atoms with Crippen molar-refractivity contribution in [1.29, 1.82) is 0 Å². The highest BCUT2D eigenvalue weighted by atomic mass is 15.1. The Bertz CT molecular complexity index is 427. The zero-order chi connectivity index (χ0) is 14.2. The van der Waals surface area contributed by atoms with E-state index in [0.29, 0.717) is 5.41 Å². The molecule has 110 valence electrons. The van der Waals surface area contributed by atoms with Gasteiger partial charge in [-0.1, -0.05) is 51.1 Å². The SMILES string of the molecule is CC(C)(C)C1CN(CC2CC2)CCC1c1ccccc1. The van der Waals surface area contributed by atoms with Crippen LogP contribution in [0.4, 0.5) is 0 Å². The summed E-state index contributed by atoms with van der Waals surface area (Å²) in [5.74, 6) is 2.54. The van der Waals surface area contributed by atoms with Gasteiger partial charge in [-0.15, -0.1) is 0 Å². The predicted molar refractivity (Wildman–Crippen MR) is 85.9 cm³/mol. The molecule has 1 aliphatic carbocycles. The molecule has 0 bridgehead atoms. The molecule has 20 heavy (non-hydrogen) atoms. The van der Waals surface area contributed by atoms with Gasteiger partial charge in [-0.05, 0) is 54.5 Å². The predicted octanol–water partition coefficient (Wildman–Crippen LogP) is 4.55. The van der Waals surface area contributed by atoms with Crippen molar-refractivity contribution >= 4 is 0 Å². The Balaban J connectivity index is 1.76. The summed E-state index contributed by atoms with van der Waals surface area (Å²) in [5, 5.41) is 0. The minimum absolute atomic E-state index is 0.392. The summed E-state index contributed by atoms with van der Waals surface area (Å²) in [6.07, 6.45) is 4.27. The molecule has 1 heteroatoms. The average Bonchev–Trinajstić information content (AvgIpc) is 3.23. The Morgan fingerprint density at radius 1 is 1.05 bits per heavy atom. The van der Waals surface area contributed by atoms with Gasteiger partial charge >= 0.3 is 0 Å². The fraction of sp³-hybridized carbons (Fsp3) is 0.684. The molecule has 2 aliphatic rings. The lowest BCUT2D eigenvalue weighted by Crippen LogP contribution is -2.45. The lowest BCUT2D eigenvalue weighted by molar-refractivity contribution is 0.0753. The molecular weight excluding hydrogens is 242 g/mol. The van der Waals surface area contributed by atoms with E-state index in [-0.39, 0.29) is 0 Å². The molecule has 1 saturated carbocycles. The van der Waals surface area contributed by atoms with Crippen molar-refractivity contribution in [3.63, 3.8) is 0 Å². The van der Waals surface area contributed by atoms with Gasteiger partial charge in [-0.25, -0.2) is 0 Å². The van der Waals surface area contributed by atoms with Gasteiger partial charge < -0.3 is 4.90 Å². The monoisotopic (exact) mass is 271 g/mol. The minimum atomic E-state index is 0.392. The van der Waals surface area contributed by atoms with Crippen molar-refractivity contribution in [2.45, 2.75) is 46.0 Å². The zero-order valence-electron chi connectivity index (χ0n) is 13.3. The first kappa shape index (κ1) is 14.1. The second-order valence-corrected chi connectivity index (χ2v) is 7.98. The van der Waals surface area contributed by atoms with E-state index >= 15 is 0 Å². The highest BCUT2D eigenvalue weighted by Gasteiger charge is 2.38. The van der Waals surface area contributed by atoms with Gasteiger partial charge in [0.15, 0.2) is 0 Å². The third-order valence-electron chi connectivity index (χ3n) is 5.25. The average molecular weight is 271 g/mol. The number of likely N-dealkylation sites (tertiary alicyclic amines) is 1. The van der Waals surface area contributed by atoms with Crippen molar-refractivity contribution in [2.75, 3.05) is 19.6 Å². The second-order valence-electron chi connectivity index (χ2n) is 7.98. The van der Waals surface area contributed by atoms with Crippen molar-refractivity contribution in [3.8, 4) is 0 Å². The molecular formula is C19H29N. The van der Waals surface area contributed by atoms with Crippen LogP contribution in [-0.2, 0) is 0 Å². The van der Waals surface area contributed by atoms with E-state index in [1.54, 1.807) is 5.56 Å². The Kier molecular flexibility index (Phi) is 3.90. The van der Waals surface area contributed by atoms with Gasteiger partial charge in [0.1, 0.15) is 0 Å². The second kappa shape index (κ2) is 5.52. The molecule has 1 nitrogen and oxygen atoms in total. The van der Waals surface area contributed by atoms with Crippen LogP contribution in [0.3, 0.4) is 0 Å². The summed E-state index contributed by atoms with van der Waals surface area (Å²) < 4.78 is 0. The van der Waals surface area contributed by atoms with Crippen LogP contribution in [0.15, 0.2) is 30.3 Å². The first-order chi connectivity index (χ1) is 9.54. The molecule has 1 aromatic carbocycles. The van der Waals surface area contributed by atoms with Gasteiger partial charge in [-0.2, -0.15) is 0 Å². The first-order valence-electron chi connectivity index (χ1n) is 8.31. The highest BCUT2D eigenvalue weighted by Crippen LogP contribution is 2.43. The van der Waals surface area contributed by atoms with Crippen LogP contribution >= 0.6 is 0 Å². The number of rotatable bonds is 3. The molecule has 2 atom stereocenters. The molecule has 0 radical (unpaired) electrons. The Labute approximate surface area is 124 Å². The Hall–Kier alpha value is -0.820. The van der Waals surface area contributed by atoms with Crippen LogP contribution in [0.1, 0.15) is 51.5 Å². The van der Waals surface area contributed by atoms with E-state index in [1.165, 1.54) is 38.9 Å². The summed E-state index contributed by atoms with van der Waals surface area (Å²) in [6, 6.07) is 11.2. The van der Waals surface area contributed by atoms with E-state index in [4.69, 9.17) is 0 Å². The lowest BCUT2D eigenvalue weighted by atomic mass is 9.67.